The Hall–Kier alpha value is -2.29. The van der Waals surface area contributed by atoms with Crippen molar-refractivity contribution in [2.45, 2.75) is 39.3 Å². The molecule has 22 heavy (non-hydrogen) atoms. The van der Waals surface area contributed by atoms with E-state index in [1.54, 1.807) is 11.1 Å². The third-order valence-corrected chi connectivity index (χ3v) is 3.48. The van der Waals surface area contributed by atoms with E-state index >= 15 is 0 Å². The molecule has 6 nitrogen and oxygen atoms in total. The summed E-state index contributed by atoms with van der Waals surface area (Å²) in [6.07, 6.45) is 1.33. The van der Waals surface area contributed by atoms with E-state index in [1.807, 2.05) is 39.8 Å². The van der Waals surface area contributed by atoms with Gasteiger partial charge < -0.3 is 14.5 Å². The van der Waals surface area contributed by atoms with Crippen molar-refractivity contribution in [1.82, 2.24) is 9.88 Å². The van der Waals surface area contributed by atoms with Crippen molar-refractivity contribution < 1.29 is 9.53 Å². The second-order valence-electron chi connectivity index (χ2n) is 6.45. The number of nitrogens with zero attached hydrogens (tertiary/aromatic N) is 4. The van der Waals surface area contributed by atoms with Crippen LogP contribution in [-0.2, 0) is 4.74 Å². The number of carbonyl (C=O) groups excluding carboxylic acids is 1. The molecule has 0 spiro atoms. The number of hydrogen-bond donors (Lipinski definition) is 0. The number of carbonyl (C=O) groups is 1. The van der Waals surface area contributed by atoms with Gasteiger partial charge in [-0.2, -0.15) is 5.26 Å². The SMILES string of the molecule is CC1CN(C(=O)OC(C)(C)C)CCN1c1cccnc1C#N. The molecule has 0 saturated carbocycles. The largest absolute Gasteiger partial charge is 0.444 e. The Kier molecular flexibility index (Phi) is 4.55. The van der Waals surface area contributed by atoms with Gasteiger partial charge in [0, 0.05) is 31.9 Å². The number of aromatic nitrogens is 1. The monoisotopic (exact) mass is 302 g/mol. The van der Waals surface area contributed by atoms with E-state index < -0.39 is 5.60 Å². The Bertz CT molecular complexity index is 589. The van der Waals surface area contributed by atoms with Crippen molar-refractivity contribution in [2.75, 3.05) is 24.5 Å². The first kappa shape index (κ1) is 16.1. The molecule has 2 heterocycles. The molecule has 6 heteroatoms. The Labute approximate surface area is 131 Å². The minimum absolute atomic E-state index is 0.0950. The molecule has 1 fully saturated rings. The lowest BCUT2D eigenvalue weighted by Crippen LogP contribution is -2.54. The molecule has 0 aliphatic carbocycles. The fourth-order valence-corrected chi connectivity index (χ4v) is 2.52. The van der Waals surface area contributed by atoms with Crippen molar-refractivity contribution in [2.24, 2.45) is 0 Å². The second kappa shape index (κ2) is 6.22. The van der Waals surface area contributed by atoms with E-state index in [2.05, 4.69) is 16.0 Å². The van der Waals surface area contributed by atoms with Crippen LogP contribution in [0.5, 0.6) is 0 Å². The quantitative estimate of drug-likeness (QED) is 0.796. The maximum absolute atomic E-state index is 12.1. The second-order valence-corrected chi connectivity index (χ2v) is 6.45. The van der Waals surface area contributed by atoms with Crippen molar-refractivity contribution in [1.29, 1.82) is 5.26 Å². The molecule has 0 aromatic carbocycles. The molecule has 1 amide bonds. The average Bonchev–Trinajstić information content (AvgIpc) is 2.45. The molecular weight excluding hydrogens is 280 g/mol. The van der Waals surface area contributed by atoms with Gasteiger partial charge in [0.05, 0.1) is 5.69 Å². The Balaban J connectivity index is 2.08. The number of hydrogen-bond acceptors (Lipinski definition) is 5. The van der Waals surface area contributed by atoms with Crippen molar-refractivity contribution in [3.63, 3.8) is 0 Å². The number of amides is 1. The third-order valence-electron chi connectivity index (χ3n) is 3.48. The summed E-state index contributed by atoms with van der Waals surface area (Å²) in [5, 5.41) is 9.18. The number of piperazine rings is 1. The highest BCUT2D eigenvalue weighted by Crippen LogP contribution is 2.23. The van der Waals surface area contributed by atoms with Crippen LogP contribution in [0.2, 0.25) is 0 Å². The van der Waals surface area contributed by atoms with Crippen LogP contribution in [0.4, 0.5) is 10.5 Å². The number of nitriles is 1. The smallest absolute Gasteiger partial charge is 0.410 e. The molecule has 0 bridgehead atoms. The highest BCUT2D eigenvalue weighted by molar-refractivity contribution is 5.69. The number of anilines is 1. The zero-order valence-corrected chi connectivity index (χ0v) is 13.5. The number of rotatable bonds is 1. The molecule has 1 atom stereocenters. The van der Waals surface area contributed by atoms with Crippen LogP contribution in [-0.4, -0.2) is 47.3 Å². The predicted octanol–water partition coefficient (Wildman–Crippen LogP) is 2.40. The van der Waals surface area contributed by atoms with Gasteiger partial charge in [-0.25, -0.2) is 9.78 Å². The highest BCUT2D eigenvalue weighted by Gasteiger charge is 2.30. The first-order chi connectivity index (χ1) is 10.3. The predicted molar refractivity (Wildman–Crippen MR) is 83.6 cm³/mol. The Morgan fingerprint density at radius 2 is 2.18 bits per heavy atom. The summed E-state index contributed by atoms with van der Waals surface area (Å²) in [5.74, 6) is 0. The Morgan fingerprint density at radius 3 is 2.77 bits per heavy atom. The van der Waals surface area contributed by atoms with E-state index in [4.69, 9.17) is 4.74 Å². The molecule has 1 aliphatic heterocycles. The van der Waals surface area contributed by atoms with E-state index in [0.29, 0.717) is 25.3 Å². The minimum atomic E-state index is -0.491. The van der Waals surface area contributed by atoms with Crippen molar-refractivity contribution in [3.8, 4) is 6.07 Å². The first-order valence-corrected chi connectivity index (χ1v) is 7.41. The molecule has 1 aromatic rings. The zero-order valence-electron chi connectivity index (χ0n) is 13.5. The lowest BCUT2D eigenvalue weighted by molar-refractivity contribution is 0.0219. The standard InChI is InChI=1S/C16H22N4O2/c1-12-11-19(15(21)22-16(2,3)4)8-9-20(12)14-6-5-7-18-13(14)10-17/h5-7,12H,8-9,11H2,1-4H3. The van der Waals surface area contributed by atoms with Crippen molar-refractivity contribution in [3.05, 3.63) is 24.0 Å². The van der Waals surface area contributed by atoms with E-state index in [-0.39, 0.29) is 12.1 Å². The summed E-state index contributed by atoms with van der Waals surface area (Å²) < 4.78 is 5.42. The van der Waals surface area contributed by atoms with E-state index in [1.165, 1.54) is 0 Å². The summed E-state index contributed by atoms with van der Waals surface area (Å²) >= 11 is 0. The molecule has 1 aromatic heterocycles. The van der Waals surface area contributed by atoms with Gasteiger partial charge in [-0.05, 0) is 39.8 Å². The highest BCUT2D eigenvalue weighted by atomic mass is 16.6. The summed E-state index contributed by atoms with van der Waals surface area (Å²) in [4.78, 5) is 20.1. The topological polar surface area (TPSA) is 69.5 Å². The number of ether oxygens (including phenoxy) is 1. The van der Waals surface area contributed by atoms with Gasteiger partial charge in [0.2, 0.25) is 0 Å². The molecule has 1 unspecified atom stereocenters. The maximum atomic E-state index is 12.1. The minimum Gasteiger partial charge on any atom is -0.444 e. The summed E-state index contributed by atoms with van der Waals surface area (Å²) in [5.41, 5.74) is 0.746. The third kappa shape index (κ3) is 3.67. The van der Waals surface area contributed by atoms with Gasteiger partial charge in [0.1, 0.15) is 11.7 Å². The van der Waals surface area contributed by atoms with Gasteiger partial charge in [0.25, 0.3) is 0 Å². The van der Waals surface area contributed by atoms with Crippen LogP contribution in [0.1, 0.15) is 33.4 Å². The van der Waals surface area contributed by atoms with Crippen LogP contribution < -0.4 is 4.90 Å². The summed E-state index contributed by atoms with van der Waals surface area (Å²) in [6, 6.07) is 5.93. The van der Waals surface area contributed by atoms with Crippen LogP contribution in [0.25, 0.3) is 0 Å². The van der Waals surface area contributed by atoms with Gasteiger partial charge in [-0.3, -0.25) is 0 Å². The van der Waals surface area contributed by atoms with Crippen LogP contribution in [0.3, 0.4) is 0 Å². The normalized spacial score (nSPS) is 18.8. The molecule has 118 valence electrons. The molecule has 0 radical (unpaired) electrons. The van der Waals surface area contributed by atoms with E-state index in [9.17, 15) is 10.1 Å². The summed E-state index contributed by atoms with van der Waals surface area (Å²) in [6.45, 7) is 9.40. The summed E-state index contributed by atoms with van der Waals surface area (Å²) in [7, 11) is 0. The molecular formula is C16H22N4O2. The van der Waals surface area contributed by atoms with Gasteiger partial charge >= 0.3 is 6.09 Å². The molecule has 1 aliphatic rings. The first-order valence-electron chi connectivity index (χ1n) is 7.41. The molecule has 1 saturated heterocycles. The Morgan fingerprint density at radius 1 is 1.45 bits per heavy atom. The van der Waals surface area contributed by atoms with Crippen LogP contribution in [0.15, 0.2) is 18.3 Å². The lowest BCUT2D eigenvalue weighted by Gasteiger charge is -2.41. The molecule has 0 N–H and O–H groups in total. The van der Waals surface area contributed by atoms with Gasteiger partial charge in [0.15, 0.2) is 5.69 Å². The maximum Gasteiger partial charge on any atom is 0.410 e. The van der Waals surface area contributed by atoms with E-state index in [0.717, 1.165) is 5.69 Å². The lowest BCUT2D eigenvalue weighted by atomic mass is 10.1. The number of pyridine rings is 1. The fraction of sp³-hybridized carbons (Fsp3) is 0.562. The van der Waals surface area contributed by atoms with Crippen LogP contribution >= 0.6 is 0 Å². The van der Waals surface area contributed by atoms with Gasteiger partial charge in [-0.1, -0.05) is 0 Å². The zero-order chi connectivity index (χ0) is 16.3. The van der Waals surface area contributed by atoms with Crippen LogP contribution in [0, 0.1) is 11.3 Å². The average molecular weight is 302 g/mol. The fourth-order valence-electron chi connectivity index (χ4n) is 2.52. The van der Waals surface area contributed by atoms with Gasteiger partial charge in [-0.15, -0.1) is 0 Å². The van der Waals surface area contributed by atoms with Crippen molar-refractivity contribution >= 4 is 11.8 Å². The molecule has 2 rings (SSSR count).